The van der Waals surface area contributed by atoms with Gasteiger partial charge >= 0.3 is 5.97 Å². The van der Waals surface area contributed by atoms with Crippen LogP contribution in [0.15, 0.2) is 23.5 Å². The van der Waals surface area contributed by atoms with Gasteiger partial charge in [0.25, 0.3) is 0 Å². The highest BCUT2D eigenvalue weighted by Crippen LogP contribution is 2.54. The summed E-state index contributed by atoms with van der Waals surface area (Å²) in [6, 6.07) is 0. The van der Waals surface area contributed by atoms with Crippen LogP contribution in [-0.2, 0) is 19.0 Å². The predicted octanol–water partition coefficient (Wildman–Crippen LogP) is 1.70. The van der Waals surface area contributed by atoms with Gasteiger partial charge in [0, 0.05) is 12.3 Å². The number of allylic oxidation sites excluding steroid dienone is 2. The third-order valence-corrected chi connectivity index (χ3v) is 4.33. The molecule has 1 N–H and O–H groups in total. The maximum absolute atomic E-state index is 11.9. The van der Waals surface area contributed by atoms with E-state index in [0.29, 0.717) is 31.6 Å². The summed E-state index contributed by atoms with van der Waals surface area (Å²) in [5, 5.41) is 10.1. The first kappa shape index (κ1) is 12.7. The van der Waals surface area contributed by atoms with E-state index in [4.69, 9.17) is 14.2 Å². The highest BCUT2D eigenvalue weighted by Gasteiger charge is 2.59. The average Bonchev–Trinajstić information content (AvgIpc) is 2.83. The van der Waals surface area contributed by atoms with Crippen molar-refractivity contribution in [2.24, 2.45) is 11.8 Å². The highest BCUT2D eigenvalue weighted by molar-refractivity contribution is 5.90. The Labute approximate surface area is 111 Å². The summed E-state index contributed by atoms with van der Waals surface area (Å²) in [5.41, 5.74) is 1.36. The van der Waals surface area contributed by atoms with Crippen LogP contribution in [0.25, 0.3) is 0 Å². The molecule has 0 aromatic rings. The molecule has 3 rings (SSSR count). The van der Waals surface area contributed by atoms with Gasteiger partial charge in [0.1, 0.15) is 5.76 Å². The molecule has 0 unspecified atom stereocenters. The third-order valence-electron chi connectivity index (χ3n) is 4.33. The Bertz CT molecular complexity index is 458. The van der Waals surface area contributed by atoms with Crippen molar-refractivity contribution in [2.45, 2.75) is 25.0 Å². The summed E-state index contributed by atoms with van der Waals surface area (Å²) in [6.07, 6.45) is 1.72. The van der Waals surface area contributed by atoms with E-state index in [1.54, 1.807) is 0 Å². The van der Waals surface area contributed by atoms with Crippen molar-refractivity contribution in [1.82, 2.24) is 0 Å². The summed E-state index contributed by atoms with van der Waals surface area (Å²) in [7, 11) is 1.31. The van der Waals surface area contributed by atoms with Gasteiger partial charge in [0.15, 0.2) is 5.79 Å². The van der Waals surface area contributed by atoms with Crippen LogP contribution in [0.1, 0.15) is 19.3 Å². The first-order chi connectivity index (χ1) is 9.08. The minimum Gasteiger partial charge on any atom is -0.512 e. The van der Waals surface area contributed by atoms with E-state index in [1.165, 1.54) is 7.11 Å². The standard InChI is InChI=1S/C14H18O5/c1-8-5-9-7-11(15)12(13(16)17-2)10(6-8)14(9)18-3-4-19-14/h9-10,15H,1,3-7H2,2H3/t9-,10+/m1/s1. The molecule has 1 saturated heterocycles. The Morgan fingerprint density at radius 3 is 2.68 bits per heavy atom. The van der Waals surface area contributed by atoms with Gasteiger partial charge in [-0.1, -0.05) is 12.2 Å². The van der Waals surface area contributed by atoms with Gasteiger partial charge in [0.2, 0.25) is 0 Å². The number of aliphatic hydroxyl groups is 1. The fourth-order valence-electron chi connectivity index (χ4n) is 3.60. The molecule has 2 atom stereocenters. The van der Waals surface area contributed by atoms with Gasteiger partial charge in [-0.05, 0) is 12.8 Å². The molecule has 0 aromatic carbocycles. The van der Waals surface area contributed by atoms with Crippen LogP contribution >= 0.6 is 0 Å². The van der Waals surface area contributed by atoms with Crippen LogP contribution in [0.2, 0.25) is 0 Å². The molecule has 2 fully saturated rings. The quantitative estimate of drug-likeness (QED) is 0.578. The number of hydrogen-bond acceptors (Lipinski definition) is 5. The second-order valence-electron chi connectivity index (χ2n) is 5.38. The Balaban J connectivity index is 2.07. The normalized spacial score (nSPS) is 32.8. The number of carbonyl (C=O) groups excluding carboxylic acids is 1. The molecule has 5 nitrogen and oxygen atoms in total. The maximum Gasteiger partial charge on any atom is 0.337 e. The predicted molar refractivity (Wildman–Crippen MR) is 66.3 cm³/mol. The maximum atomic E-state index is 11.9. The lowest BCUT2D eigenvalue weighted by atomic mass is 9.65. The van der Waals surface area contributed by atoms with Crippen LogP contribution in [-0.4, -0.2) is 37.2 Å². The smallest absolute Gasteiger partial charge is 0.337 e. The number of ether oxygens (including phenoxy) is 3. The van der Waals surface area contributed by atoms with Crippen molar-refractivity contribution in [1.29, 1.82) is 0 Å². The lowest BCUT2D eigenvalue weighted by Crippen LogP contribution is -2.54. The minimum atomic E-state index is -0.781. The molecule has 1 spiro atoms. The van der Waals surface area contributed by atoms with Crippen molar-refractivity contribution >= 4 is 5.97 Å². The van der Waals surface area contributed by atoms with Gasteiger partial charge in [-0.3, -0.25) is 0 Å². The number of methoxy groups -OCH3 is 1. The summed E-state index contributed by atoms with van der Waals surface area (Å²) >= 11 is 0. The molecule has 1 aliphatic heterocycles. The van der Waals surface area contributed by atoms with Gasteiger partial charge in [-0.25, -0.2) is 4.79 Å². The molecular formula is C14H18O5. The van der Waals surface area contributed by atoms with E-state index in [9.17, 15) is 9.90 Å². The fraction of sp³-hybridized carbons (Fsp3) is 0.643. The molecule has 0 radical (unpaired) electrons. The molecule has 19 heavy (non-hydrogen) atoms. The van der Waals surface area contributed by atoms with Crippen LogP contribution in [0, 0.1) is 11.8 Å². The zero-order valence-electron chi connectivity index (χ0n) is 11.0. The second kappa shape index (κ2) is 4.35. The molecule has 2 aliphatic carbocycles. The molecule has 1 heterocycles. The third kappa shape index (κ3) is 1.72. The van der Waals surface area contributed by atoms with Crippen molar-refractivity contribution in [3.05, 3.63) is 23.5 Å². The van der Waals surface area contributed by atoms with Crippen molar-refractivity contribution in [3.63, 3.8) is 0 Å². The van der Waals surface area contributed by atoms with E-state index >= 15 is 0 Å². The number of aliphatic hydroxyl groups excluding tert-OH is 1. The van der Waals surface area contributed by atoms with Crippen molar-refractivity contribution in [3.8, 4) is 0 Å². The van der Waals surface area contributed by atoms with Crippen LogP contribution in [0.5, 0.6) is 0 Å². The highest BCUT2D eigenvalue weighted by atomic mass is 16.7. The molecule has 1 saturated carbocycles. The monoisotopic (exact) mass is 266 g/mol. The van der Waals surface area contributed by atoms with Crippen molar-refractivity contribution < 1.29 is 24.1 Å². The van der Waals surface area contributed by atoms with Crippen LogP contribution in [0.3, 0.4) is 0 Å². The van der Waals surface area contributed by atoms with Gasteiger partial charge in [0.05, 0.1) is 31.8 Å². The SMILES string of the molecule is C=C1C[C@@H]2CC(O)=C(C(=O)OC)[C@H](C1)C21OCCO1. The summed E-state index contributed by atoms with van der Waals surface area (Å²) in [6.45, 7) is 5.07. The van der Waals surface area contributed by atoms with E-state index < -0.39 is 11.8 Å². The fourth-order valence-corrected chi connectivity index (χ4v) is 3.60. The van der Waals surface area contributed by atoms with Crippen LogP contribution < -0.4 is 0 Å². The van der Waals surface area contributed by atoms with E-state index in [-0.39, 0.29) is 17.6 Å². The van der Waals surface area contributed by atoms with Gasteiger partial charge in [-0.15, -0.1) is 0 Å². The minimum absolute atomic E-state index is 0.0228. The number of esters is 1. The van der Waals surface area contributed by atoms with E-state index in [1.807, 2.05) is 0 Å². The molecule has 104 valence electrons. The summed E-state index contributed by atoms with van der Waals surface area (Å²) in [5.74, 6) is -1.47. The zero-order valence-corrected chi connectivity index (χ0v) is 11.0. The first-order valence-electron chi connectivity index (χ1n) is 6.53. The molecule has 0 amide bonds. The summed E-state index contributed by atoms with van der Waals surface area (Å²) in [4.78, 5) is 11.9. The van der Waals surface area contributed by atoms with Crippen molar-refractivity contribution in [2.75, 3.05) is 20.3 Å². The molecule has 0 aromatic heterocycles. The molecule has 5 heteroatoms. The number of hydrogen-bond donors (Lipinski definition) is 1. The largest absolute Gasteiger partial charge is 0.512 e. The summed E-state index contributed by atoms with van der Waals surface area (Å²) < 4.78 is 16.5. The average molecular weight is 266 g/mol. The van der Waals surface area contributed by atoms with E-state index in [2.05, 4.69) is 6.58 Å². The van der Waals surface area contributed by atoms with E-state index in [0.717, 1.165) is 12.0 Å². The van der Waals surface area contributed by atoms with Crippen LogP contribution in [0.4, 0.5) is 0 Å². The van der Waals surface area contributed by atoms with Gasteiger partial charge in [-0.2, -0.15) is 0 Å². The Kier molecular flexibility index (Phi) is 2.91. The number of rotatable bonds is 1. The molecular weight excluding hydrogens is 248 g/mol. The lowest BCUT2D eigenvalue weighted by Gasteiger charge is -2.49. The van der Waals surface area contributed by atoms with Gasteiger partial charge < -0.3 is 19.3 Å². The Morgan fingerprint density at radius 2 is 2.05 bits per heavy atom. The first-order valence-corrected chi connectivity index (χ1v) is 6.53. The second-order valence-corrected chi connectivity index (χ2v) is 5.38. The lowest BCUT2D eigenvalue weighted by molar-refractivity contribution is -0.238. The molecule has 3 aliphatic rings. The Hall–Kier alpha value is -1.33. The Morgan fingerprint density at radius 1 is 1.37 bits per heavy atom. The zero-order chi connectivity index (χ0) is 13.6. The number of carbonyl (C=O) groups is 1. The molecule has 2 bridgehead atoms. The topological polar surface area (TPSA) is 65.0 Å².